The molecule has 1 aliphatic heterocycles. The van der Waals surface area contributed by atoms with Gasteiger partial charge in [0.15, 0.2) is 0 Å². The molecule has 2 N–H and O–H groups in total. The van der Waals surface area contributed by atoms with Gasteiger partial charge in [0.05, 0.1) is 22.5 Å². The molecule has 2 amide bonds. The maximum Gasteiger partial charge on any atom is 0.267 e. The Labute approximate surface area is 107 Å². The molecule has 1 aromatic heterocycles. The Balaban J connectivity index is 2.17. The summed E-state index contributed by atoms with van der Waals surface area (Å²) in [5.41, 5.74) is 6.33. The fraction of sp³-hybridized carbons (Fsp3) is 0. The van der Waals surface area contributed by atoms with Crippen molar-refractivity contribution >= 4 is 23.2 Å². The minimum absolute atomic E-state index is 0.0474. The number of anilines is 2. The number of hydrogen-bond donors (Lipinski definition) is 1. The molecule has 2 aromatic rings. The predicted octanol–water partition coefficient (Wildman–Crippen LogP) is 1.60. The molecule has 1 aromatic carbocycles. The van der Waals surface area contributed by atoms with E-state index in [2.05, 4.69) is 4.98 Å². The second-order valence-electron chi connectivity index (χ2n) is 4.07. The van der Waals surface area contributed by atoms with Gasteiger partial charge in [-0.25, -0.2) is 9.29 Å². The van der Waals surface area contributed by atoms with Crippen molar-refractivity contribution < 1.29 is 14.0 Å². The first-order valence-electron chi connectivity index (χ1n) is 5.47. The number of halogens is 1. The molecule has 19 heavy (non-hydrogen) atoms. The van der Waals surface area contributed by atoms with Gasteiger partial charge in [0.1, 0.15) is 5.82 Å². The van der Waals surface area contributed by atoms with E-state index in [1.165, 1.54) is 30.6 Å². The van der Waals surface area contributed by atoms with Crippen LogP contribution in [-0.2, 0) is 0 Å². The third-order valence-electron chi connectivity index (χ3n) is 2.92. The van der Waals surface area contributed by atoms with Crippen molar-refractivity contribution in [2.24, 2.45) is 0 Å². The smallest absolute Gasteiger partial charge is 0.267 e. The molecule has 1 aliphatic rings. The second-order valence-corrected chi connectivity index (χ2v) is 4.07. The number of fused-ring (bicyclic) bond motifs is 1. The predicted molar refractivity (Wildman–Crippen MR) is 66.2 cm³/mol. The lowest BCUT2D eigenvalue weighted by Crippen LogP contribution is -2.30. The van der Waals surface area contributed by atoms with Gasteiger partial charge >= 0.3 is 0 Å². The fourth-order valence-electron chi connectivity index (χ4n) is 2.01. The third-order valence-corrected chi connectivity index (χ3v) is 2.92. The van der Waals surface area contributed by atoms with E-state index >= 15 is 0 Å². The maximum atomic E-state index is 13.3. The highest BCUT2D eigenvalue weighted by Crippen LogP contribution is 2.32. The molecule has 0 spiro atoms. The monoisotopic (exact) mass is 257 g/mol. The van der Waals surface area contributed by atoms with Crippen molar-refractivity contribution in [3.63, 3.8) is 0 Å². The van der Waals surface area contributed by atoms with Gasteiger partial charge in [-0.2, -0.15) is 0 Å². The summed E-state index contributed by atoms with van der Waals surface area (Å²) in [6, 6.07) is 4.99. The normalized spacial score (nSPS) is 13.8. The van der Waals surface area contributed by atoms with E-state index in [4.69, 9.17) is 5.73 Å². The topological polar surface area (TPSA) is 76.3 Å². The summed E-state index contributed by atoms with van der Waals surface area (Å²) < 4.78 is 13.3. The lowest BCUT2D eigenvalue weighted by atomic mass is 10.2. The number of aromatic nitrogens is 1. The molecule has 0 unspecified atom stereocenters. The standard InChI is InChI=1S/C13H8FN3O2/c14-7-1-2-10(15)11(5-7)17-12(18)8-3-4-16-6-9(8)13(17)19/h1-6H,15H2. The van der Waals surface area contributed by atoms with Crippen molar-refractivity contribution in [3.05, 3.63) is 53.6 Å². The van der Waals surface area contributed by atoms with E-state index in [0.717, 1.165) is 11.0 Å². The summed E-state index contributed by atoms with van der Waals surface area (Å²) >= 11 is 0. The lowest BCUT2D eigenvalue weighted by Gasteiger charge is -2.16. The first-order valence-corrected chi connectivity index (χ1v) is 5.47. The zero-order valence-electron chi connectivity index (χ0n) is 9.63. The van der Waals surface area contributed by atoms with Crippen LogP contribution in [0.25, 0.3) is 0 Å². The molecule has 2 heterocycles. The minimum atomic E-state index is -0.570. The van der Waals surface area contributed by atoms with Crippen LogP contribution in [0.5, 0.6) is 0 Å². The van der Waals surface area contributed by atoms with Crippen LogP contribution in [0.4, 0.5) is 15.8 Å². The number of nitrogens with zero attached hydrogens (tertiary/aromatic N) is 2. The summed E-state index contributed by atoms with van der Waals surface area (Å²) in [5, 5.41) is 0. The maximum absolute atomic E-state index is 13.3. The number of imide groups is 1. The number of carbonyl (C=O) groups excluding carboxylic acids is 2. The number of nitrogen functional groups attached to an aromatic ring is 1. The summed E-state index contributed by atoms with van der Waals surface area (Å²) in [6.07, 6.45) is 2.73. The van der Waals surface area contributed by atoms with E-state index < -0.39 is 17.6 Å². The number of benzene rings is 1. The molecule has 0 saturated carbocycles. The van der Waals surface area contributed by atoms with Crippen LogP contribution in [-0.4, -0.2) is 16.8 Å². The Kier molecular flexibility index (Phi) is 2.31. The van der Waals surface area contributed by atoms with E-state index in [9.17, 15) is 14.0 Å². The Morgan fingerprint density at radius 3 is 2.58 bits per heavy atom. The average Bonchev–Trinajstić information content (AvgIpc) is 2.66. The highest BCUT2D eigenvalue weighted by atomic mass is 19.1. The summed E-state index contributed by atoms with van der Waals surface area (Å²) in [7, 11) is 0. The van der Waals surface area contributed by atoms with Gasteiger partial charge in [0.2, 0.25) is 0 Å². The average molecular weight is 257 g/mol. The van der Waals surface area contributed by atoms with E-state index in [-0.39, 0.29) is 22.5 Å². The molecule has 0 atom stereocenters. The fourth-order valence-corrected chi connectivity index (χ4v) is 2.01. The van der Waals surface area contributed by atoms with Gasteiger partial charge in [-0.15, -0.1) is 0 Å². The Bertz CT molecular complexity index is 680. The van der Waals surface area contributed by atoms with Crippen molar-refractivity contribution in [1.82, 2.24) is 4.98 Å². The van der Waals surface area contributed by atoms with Crippen LogP contribution < -0.4 is 10.6 Å². The zero-order valence-corrected chi connectivity index (χ0v) is 9.63. The van der Waals surface area contributed by atoms with E-state index in [1.807, 2.05) is 0 Å². The van der Waals surface area contributed by atoms with Gasteiger partial charge < -0.3 is 5.73 Å². The Hall–Kier alpha value is -2.76. The minimum Gasteiger partial charge on any atom is -0.397 e. The van der Waals surface area contributed by atoms with E-state index in [1.54, 1.807) is 0 Å². The summed E-state index contributed by atoms with van der Waals surface area (Å²) in [6.45, 7) is 0. The Morgan fingerprint density at radius 1 is 1.11 bits per heavy atom. The molecule has 5 nitrogen and oxygen atoms in total. The molecular weight excluding hydrogens is 249 g/mol. The number of nitrogens with two attached hydrogens (primary N) is 1. The summed E-state index contributed by atoms with van der Waals surface area (Å²) in [4.78, 5) is 29.0. The molecule has 0 aliphatic carbocycles. The SMILES string of the molecule is Nc1ccc(F)cc1N1C(=O)c2ccncc2C1=O. The van der Waals surface area contributed by atoms with Gasteiger partial charge in [0.25, 0.3) is 11.8 Å². The summed E-state index contributed by atoms with van der Waals surface area (Å²) in [5.74, 6) is -1.65. The van der Waals surface area contributed by atoms with Crippen LogP contribution in [0.15, 0.2) is 36.7 Å². The van der Waals surface area contributed by atoms with Crippen LogP contribution >= 0.6 is 0 Å². The first-order chi connectivity index (χ1) is 9.09. The number of carbonyl (C=O) groups is 2. The van der Waals surface area contributed by atoms with Gasteiger partial charge in [-0.1, -0.05) is 0 Å². The first kappa shape index (κ1) is 11.3. The van der Waals surface area contributed by atoms with Crippen LogP contribution in [0.2, 0.25) is 0 Å². The Morgan fingerprint density at radius 2 is 1.84 bits per heavy atom. The molecule has 0 fully saturated rings. The molecule has 6 heteroatoms. The third kappa shape index (κ3) is 1.57. The highest BCUT2D eigenvalue weighted by molar-refractivity contribution is 6.35. The number of rotatable bonds is 1. The molecule has 3 rings (SSSR count). The van der Waals surface area contributed by atoms with Gasteiger partial charge in [-0.05, 0) is 18.2 Å². The van der Waals surface area contributed by atoms with Crippen LogP contribution in [0.3, 0.4) is 0 Å². The number of pyridine rings is 1. The van der Waals surface area contributed by atoms with E-state index in [0.29, 0.717) is 0 Å². The lowest BCUT2D eigenvalue weighted by molar-refractivity contribution is 0.0926. The molecule has 0 radical (unpaired) electrons. The van der Waals surface area contributed by atoms with Gasteiger partial charge in [-0.3, -0.25) is 14.6 Å². The second kappa shape index (κ2) is 3.88. The molecular formula is C13H8FN3O2. The number of amides is 2. The highest BCUT2D eigenvalue weighted by Gasteiger charge is 2.37. The largest absolute Gasteiger partial charge is 0.397 e. The van der Waals surface area contributed by atoms with Crippen molar-refractivity contribution in [2.75, 3.05) is 10.6 Å². The van der Waals surface area contributed by atoms with Crippen molar-refractivity contribution in [2.45, 2.75) is 0 Å². The van der Waals surface area contributed by atoms with Crippen molar-refractivity contribution in [1.29, 1.82) is 0 Å². The number of hydrogen-bond acceptors (Lipinski definition) is 4. The molecule has 0 bridgehead atoms. The van der Waals surface area contributed by atoms with Crippen molar-refractivity contribution in [3.8, 4) is 0 Å². The quantitative estimate of drug-likeness (QED) is 0.622. The van der Waals surface area contributed by atoms with Crippen LogP contribution in [0.1, 0.15) is 20.7 Å². The molecule has 94 valence electrons. The zero-order chi connectivity index (χ0) is 13.6. The van der Waals surface area contributed by atoms with Gasteiger partial charge in [0, 0.05) is 18.5 Å². The molecule has 0 saturated heterocycles. The van der Waals surface area contributed by atoms with Crippen LogP contribution in [0, 0.1) is 5.82 Å².